The molecule has 19 heavy (non-hydrogen) atoms. The van der Waals surface area contributed by atoms with Crippen molar-refractivity contribution in [2.45, 2.75) is 12.8 Å². The highest BCUT2D eigenvalue weighted by Crippen LogP contribution is 2.32. The van der Waals surface area contributed by atoms with E-state index in [1.165, 1.54) is 0 Å². The van der Waals surface area contributed by atoms with Crippen molar-refractivity contribution in [2.24, 2.45) is 0 Å². The van der Waals surface area contributed by atoms with E-state index in [2.05, 4.69) is 35.0 Å². The Balaban J connectivity index is 1.58. The fourth-order valence-corrected chi connectivity index (χ4v) is 2.47. The molecule has 7 nitrogen and oxygen atoms in total. The van der Waals surface area contributed by atoms with Gasteiger partial charge in [0.25, 0.3) is 0 Å². The van der Waals surface area contributed by atoms with Gasteiger partial charge in [-0.1, -0.05) is 0 Å². The van der Waals surface area contributed by atoms with E-state index in [1.807, 2.05) is 19.2 Å². The zero-order chi connectivity index (χ0) is 12.8. The van der Waals surface area contributed by atoms with Crippen LogP contribution < -0.4 is 4.90 Å². The summed E-state index contributed by atoms with van der Waals surface area (Å²) in [7, 11) is 0. The number of nitrogens with one attached hydrogen (secondary N) is 2. The van der Waals surface area contributed by atoms with Crippen LogP contribution in [-0.2, 0) is 0 Å². The van der Waals surface area contributed by atoms with Gasteiger partial charge in [-0.05, 0) is 13.0 Å². The van der Waals surface area contributed by atoms with Crippen molar-refractivity contribution >= 4 is 16.9 Å². The van der Waals surface area contributed by atoms with Gasteiger partial charge in [0.2, 0.25) is 0 Å². The Labute approximate surface area is 109 Å². The summed E-state index contributed by atoms with van der Waals surface area (Å²) < 4.78 is 0. The van der Waals surface area contributed by atoms with Gasteiger partial charge in [-0.15, -0.1) is 0 Å². The molecule has 0 radical (unpaired) electrons. The van der Waals surface area contributed by atoms with Crippen LogP contribution >= 0.6 is 0 Å². The Morgan fingerprint density at radius 3 is 3.00 bits per heavy atom. The average molecular weight is 255 g/mol. The number of aromatic nitrogens is 6. The quantitative estimate of drug-likeness (QED) is 0.713. The molecule has 0 saturated carbocycles. The normalized spacial score (nSPS) is 15.9. The molecule has 0 spiro atoms. The Kier molecular flexibility index (Phi) is 2.08. The van der Waals surface area contributed by atoms with Gasteiger partial charge in [-0.25, -0.2) is 15.0 Å². The van der Waals surface area contributed by atoms with Crippen LogP contribution in [0.4, 0.5) is 5.82 Å². The van der Waals surface area contributed by atoms with Gasteiger partial charge in [0, 0.05) is 19.3 Å². The molecule has 4 rings (SSSR count). The molecule has 1 fully saturated rings. The third-order valence-electron chi connectivity index (χ3n) is 3.49. The number of anilines is 1. The lowest BCUT2D eigenvalue weighted by atomic mass is 9.99. The third kappa shape index (κ3) is 1.58. The summed E-state index contributed by atoms with van der Waals surface area (Å²) in [5.41, 5.74) is 0.877. The molecule has 0 atom stereocenters. The number of hydrogen-bond donors (Lipinski definition) is 2. The highest BCUT2D eigenvalue weighted by molar-refractivity contribution is 5.87. The molecule has 2 N–H and O–H groups in total. The summed E-state index contributed by atoms with van der Waals surface area (Å²) in [6.45, 7) is 3.71. The van der Waals surface area contributed by atoms with Crippen molar-refractivity contribution in [2.75, 3.05) is 18.0 Å². The maximum Gasteiger partial charge on any atom is 0.157 e. The number of aryl methyl sites for hydroxylation is 1. The van der Waals surface area contributed by atoms with E-state index >= 15 is 0 Å². The molecule has 3 aromatic heterocycles. The van der Waals surface area contributed by atoms with Gasteiger partial charge in [0.1, 0.15) is 23.6 Å². The van der Waals surface area contributed by atoms with Crippen LogP contribution in [0.5, 0.6) is 0 Å². The second-order valence-corrected chi connectivity index (χ2v) is 4.82. The lowest BCUT2D eigenvalue weighted by Crippen LogP contribution is -2.46. The summed E-state index contributed by atoms with van der Waals surface area (Å²) >= 11 is 0. The molecule has 0 aromatic carbocycles. The minimum atomic E-state index is 0.383. The Morgan fingerprint density at radius 1 is 1.32 bits per heavy atom. The van der Waals surface area contributed by atoms with Crippen molar-refractivity contribution in [1.82, 2.24) is 30.1 Å². The fraction of sp³-hybridized carbons (Fsp3) is 0.333. The standard InChI is InChI=1S/C12H13N7/c1-7-16-10(18-17-7)8-4-19(5-8)12-9-2-3-13-11(9)14-6-15-12/h2-3,6,8H,4-5H2,1H3,(H,13,14,15)(H,16,17,18). The molecule has 96 valence electrons. The molecule has 1 aliphatic heterocycles. The number of rotatable bonds is 2. The lowest BCUT2D eigenvalue weighted by molar-refractivity contribution is 0.499. The molecule has 3 aromatic rings. The number of hydrogen-bond acceptors (Lipinski definition) is 5. The van der Waals surface area contributed by atoms with E-state index < -0.39 is 0 Å². The maximum absolute atomic E-state index is 4.38. The third-order valence-corrected chi connectivity index (χ3v) is 3.49. The van der Waals surface area contributed by atoms with Crippen LogP contribution in [0, 0.1) is 6.92 Å². The summed E-state index contributed by atoms with van der Waals surface area (Å²) in [4.78, 5) is 18.3. The maximum atomic E-state index is 4.38. The first-order valence-corrected chi connectivity index (χ1v) is 6.23. The molecule has 0 bridgehead atoms. The zero-order valence-electron chi connectivity index (χ0n) is 10.5. The number of aromatic amines is 2. The first-order valence-electron chi connectivity index (χ1n) is 6.23. The lowest BCUT2D eigenvalue weighted by Gasteiger charge is -2.38. The van der Waals surface area contributed by atoms with E-state index in [9.17, 15) is 0 Å². The molecular weight excluding hydrogens is 242 g/mol. The summed E-state index contributed by atoms with van der Waals surface area (Å²) in [5.74, 6) is 3.13. The summed E-state index contributed by atoms with van der Waals surface area (Å²) in [6.07, 6.45) is 3.48. The highest BCUT2D eigenvalue weighted by Gasteiger charge is 2.32. The fourth-order valence-electron chi connectivity index (χ4n) is 2.47. The predicted molar refractivity (Wildman–Crippen MR) is 70.0 cm³/mol. The molecule has 0 amide bonds. The largest absolute Gasteiger partial charge is 0.354 e. The van der Waals surface area contributed by atoms with Crippen LogP contribution in [0.1, 0.15) is 17.6 Å². The SMILES string of the molecule is Cc1nc(C2CN(c3ncnc4[nH]ccc34)C2)n[nH]1. The van der Waals surface area contributed by atoms with E-state index in [0.29, 0.717) is 5.92 Å². The van der Waals surface area contributed by atoms with Crippen LogP contribution in [0.25, 0.3) is 11.0 Å². The Hall–Kier alpha value is -2.44. The van der Waals surface area contributed by atoms with Crippen LogP contribution in [0.15, 0.2) is 18.6 Å². The molecule has 0 aliphatic carbocycles. The number of nitrogens with zero attached hydrogens (tertiary/aromatic N) is 5. The Morgan fingerprint density at radius 2 is 2.21 bits per heavy atom. The minimum absolute atomic E-state index is 0.383. The minimum Gasteiger partial charge on any atom is -0.354 e. The van der Waals surface area contributed by atoms with Crippen molar-refractivity contribution in [3.8, 4) is 0 Å². The van der Waals surface area contributed by atoms with Gasteiger partial charge < -0.3 is 9.88 Å². The van der Waals surface area contributed by atoms with Crippen molar-refractivity contribution < 1.29 is 0 Å². The van der Waals surface area contributed by atoms with Crippen LogP contribution in [-0.4, -0.2) is 43.2 Å². The highest BCUT2D eigenvalue weighted by atomic mass is 15.3. The molecule has 4 heterocycles. The molecular formula is C12H13N7. The molecule has 7 heteroatoms. The van der Waals surface area contributed by atoms with Crippen molar-refractivity contribution in [1.29, 1.82) is 0 Å². The van der Waals surface area contributed by atoms with Crippen LogP contribution in [0.2, 0.25) is 0 Å². The van der Waals surface area contributed by atoms with E-state index in [0.717, 1.165) is 41.6 Å². The average Bonchev–Trinajstić information content (AvgIpc) is 2.96. The summed E-state index contributed by atoms with van der Waals surface area (Å²) in [6, 6.07) is 2.01. The van der Waals surface area contributed by atoms with E-state index in [1.54, 1.807) is 6.33 Å². The first-order chi connectivity index (χ1) is 9.31. The van der Waals surface area contributed by atoms with Gasteiger partial charge in [0.15, 0.2) is 5.82 Å². The zero-order valence-corrected chi connectivity index (χ0v) is 10.5. The number of fused-ring (bicyclic) bond motifs is 1. The monoisotopic (exact) mass is 255 g/mol. The predicted octanol–water partition coefficient (Wildman–Crippen LogP) is 0.988. The van der Waals surface area contributed by atoms with E-state index in [4.69, 9.17) is 0 Å². The Bertz CT molecular complexity index is 722. The van der Waals surface area contributed by atoms with Gasteiger partial charge in [-0.3, -0.25) is 5.10 Å². The molecule has 0 unspecified atom stereocenters. The van der Waals surface area contributed by atoms with Gasteiger partial charge in [-0.2, -0.15) is 5.10 Å². The topological polar surface area (TPSA) is 86.4 Å². The van der Waals surface area contributed by atoms with Crippen molar-refractivity contribution in [3.05, 3.63) is 30.2 Å². The van der Waals surface area contributed by atoms with Gasteiger partial charge >= 0.3 is 0 Å². The second-order valence-electron chi connectivity index (χ2n) is 4.82. The van der Waals surface area contributed by atoms with E-state index in [-0.39, 0.29) is 0 Å². The van der Waals surface area contributed by atoms with Crippen molar-refractivity contribution in [3.63, 3.8) is 0 Å². The van der Waals surface area contributed by atoms with Crippen LogP contribution in [0.3, 0.4) is 0 Å². The smallest absolute Gasteiger partial charge is 0.157 e. The molecule has 1 aliphatic rings. The second kappa shape index (κ2) is 3.78. The first kappa shape index (κ1) is 10.5. The van der Waals surface area contributed by atoms with Gasteiger partial charge in [0.05, 0.1) is 11.3 Å². The summed E-state index contributed by atoms with van der Waals surface area (Å²) in [5, 5.41) is 8.17. The number of H-pyrrole nitrogens is 2. The molecule has 1 saturated heterocycles.